The molecular weight excluding hydrogens is 286 g/mol. The Morgan fingerprint density at radius 3 is 2.71 bits per heavy atom. The quantitative estimate of drug-likeness (QED) is 0.882. The number of rotatable bonds is 4. The number of carboxylic acids is 1. The Balaban J connectivity index is 1.94. The van der Waals surface area contributed by atoms with Crippen molar-refractivity contribution in [3.63, 3.8) is 0 Å². The molecule has 2 aromatic rings. The highest BCUT2D eigenvalue weighted by Crippen LogP contribution is 2.39. The predicted octanol–water partition coefficient (Wildman–Crippen LogP) is 2.99. The lowest BCUT2D eigenvalue weighted by molar-refractivity contribution is 0.0690. The Morgan fingerprint density at radius 1 is 1.33 bits per heavy atom. The Kier molecular flexibility index (Phi) is 3.68. The number of carbonyl (C=O) groups is 1. The summed E-state index contributed by atoms with van der Waals surface area (Å²) < 4.78 is 0. The molecular formula is C15H14BClN2O2. The van der Waals surface area contributed by atoms with Crippen LogP contribution >= 0.6 is 11.6 Å². The topological polar surface area (TPSA) is 63.1 Å². The highest BCUT2D eigenvalue weighted by atomic mass is 35.5. The maximum absolute atomic E-state index is 11.0. The van der Waals surface area contributed by atoms with E-state index in [2.05, 4.69) is 16.8 Å². The average molecular weight is 301 g/mol. The molecule has 1 heterocycles. The van der Waals surface area contributed by atoms with Crippen LogP contribution in [0.4, 0.5) is 0 Å². The van der Waals surface area contributed by atoms with Gasteiger partial charge in [0.25, 0.3) is 0 Å². The fraction of sp³-hybridized carbons (Fsp3) is 0.267. The van der Waals surface area contributed by atoms with Crippen LogP contribution in [0.5, 0.6) is 0 Å². The van der Waals surface area contributed by atoms with Gasteiger partial charge in [-0.1, -0.05) is 54.7 Å². The van der Waals surface area contributed by atoms with Crippen molar-refractivity contribution in [1.29, 1.82) is 0 Å². The molecule has 0 unspecified atom stereocenters. The molecule has 1 aliphatic carbocycles. The Labute approximate surface area is 128 Å². The summed E-state index contributed by atoms with van der Waals surface area (Å²) in [4.78, 5) is 18.8. The van der Waals surface area contributed by atoms with Gasteiger partial charge in [0.1, 0.15) is 6.33 Å². The zero-order valence-corrected chi connectivity index (χ0v) is 12.3. The molecule has 106 valence electrons. The van der Waals surface area contributed by atoms with Gasteiger partial charge in [0, 0.05) is 10.6 Å². The van der Waals surface area contributed by atoms with Crippen LogP contribution in [0.3, 0.4) is 0 Å². The van der Waals surface area contributed by atoms with Gasteiger partial charge >= 0.3 is 5.97 Å². The van der Waals surface area contributed by atoms with E-state index in [1.165, 1.54) is 25.2 Å². The molecule has 6 heteroatoms. The van der Waals surface area contributed by atoms with E-state index in [0.29, 0.717) is 17.4 Å². The maximum atomic E-state index is 11.0. The summed E-state index contributed by atoms with van der Waals surface area (Å²) in [6.07, 6.45) is 3.80. The fourth-order valence-corrected chi connectivity index (χ4v) is 2.89. The summed E-state index contributed by atoms with van der Waals surface area (Å²) in [6.45, 7) is 2.66. The van der Waals surface area contributed by atoms with Crippen molar-refractivity contribution in [2.24, 2.45) is 0 Å². The molecule has 1 fully saturated rings. The van der Waals surface area contributed by atoms with Gasteiger partial charge in [-0.25, -0.2) is 14.8 Å². The molecule has 0 spiro atoms. The van der Waals surface area contributed by atoms with Crippen LogP contribution in [-0.2, 0) is 0 Å². The molecule has 1 aliphatic rings. The van der Waals surface area contributed by atoms with Crippen molar-refractivity contribution >= 4 is 29.7 Å². The van der Waals surface area contributed by atoms with Gasteiger partial charge in [-0.05, 0) is 12.1 Å². The first-order valence-corrected chi connectivity index (χ1v) is 7.29. The number of carboxylic acid groups (broad SMARTS) is 1. The van der Waals surface area contributed by atoms with Crippen LogP contribution in [0.1, 0.15) is 23.3 Å². The van der Waals surface area contributed by atoms with Crippen molar-refractivity contribution < 1.29 is 9.90 Å². The summed E-state index contributed by atoms with van der Waals surface area (Å²) in [5.74, 6) is -0.324. The number of hydrogen-bond donors (Lipinski definition) is 1. The lowest BCUT2D eigenvalue weighted by atomic mass is 9.43. The van der Waals surface area contributed by atoms with Crippen molar-refractivity contribution in [3.8, 4) is 11.3 Å². The van der Waals surface area contributed by atoms with Crippen LogP contribution in [0.15, 0.2) is 30.6 Å². The standard InChI is InChI=1S/C15H14BClN2O2/c1-16(10-3-4-10)11-5-2-9(6-12(11)17)13-7-14(15(20)21)19-8-18-13/h2,5-8,10H,3-4H2,1H3,(H,20,21). The van der Waals surface area contributed by atoms with Crippen molar-refractivity contribution in [2.75, 3.05) is 0 Å². The first-order valence-electron chi connectivity index (χ1n) is 6.91. The van der Waals surface area contributed by atoms with Gasteiger partial charge in [-0.15, -0.1) is 0 Å². The predicted molar refractivity (Wildman–Crippen MR) is 83.7 cm³/mol. The van der Waals surface area contributed by atoms with E-state index in [-0.39, 0.29) is 5.69 Å². The molecule has 3 rings (SSSR count). The van der Waals surface area contributed by atoms with Gasteiger partial charge < -0.3 is 5.11 Å². The molecule has 21 heavy (non-hydrogen) atoms. The highest BCUT2D eigenvalue weighted by Gasteiger charge is 2.32. The molecule has 0 saturated heterocycles. The molecule has 1 aromatic carbocycles. The number of halogens is 1. The lowest BCUT2D eigenvalue weighted by Gasteiger charge is -2.11. The molecule has 0 amide bonds. The Hall–Kier alpha value is -1.88. The summed E-state index contributed by atoms with van der Waals surface area (Å²) in [5.41, 5.74) is 2.49. The number of aromatic nitrogens is 2. The van der Waals surface area contributed by atoms with E-state index in [1.807, 2.05) is 18.2 Å². The number of aromatic carboxylic acids is 1. The average Bonchev–Trinajstić information content (AvgIpc) is 3.31. The lowest BCUT2D eigenvalue weighted by Crippen LogP contribution is -2.27. The maximum Gasteiger partial charge on any atom is 0.354 e. The second-order valence-corrected chi connectivity index (χ2v) is 5.86. The summed E-state index contributed by atoms with van der Waals surface area (Å²) in [6, 6.07) is 7.26. The summed E-state index contributed by atoms with van der Waals surface area (Å²) in [7, 11) is 0. The first-order chi connectivity index (χ1) is 10.1. The van der Waals surface area contributed by atoms with E-state index in [9.17, 15) is 4.79 Å². The second-order valence-electron chi connectivity index (χ2n) is 5.46. The van der Waals surface area contributed by atoms with E-state index in [0.717, 1.165) is 16.8 Å². The van der Waals surface area contributed by atoms with Crippen molar-refractivity contribution in [2.45, 2.75) is 25.5 Å². The second kappa shape index (κ2) is 5.49. The molecule has 0 atom stereocenters. The van der Waals surface area contributed by atoms with E-state index < -0.39 is 5.97 Å². The SMILES string of the molecule is CB(c1ccc(-c2cc(C(=O)O)ncn2)cc1Cl)C1CC1. The molecule has 0 bridgehead atoms. The molecule has 1 saturated carbocycles. The van der Waals surface area contributed by atoms with Crippen LogP contribution in [0, 0.1) is 0 Å². The minimum Gasteiger partial charge on any atom is -0.477 e. The first kappa shape index (κ1) is 14.1. The third-order valence-electron chi connectivity index (χ3n) is 4.00. The Morgan fingerprint density at radius 2 is 2.10 bits per heavy atom. The van der Waals surface area contributed by atoms with Crippen molar-refractivity contribution in [1.82, 2.24) is 9.97 Å². The smallest absolute Gasteiger partial charge is 0.354 e. The zero-order valence-electron chi connectivity index (χ0n) is 11.6. The molecule has 1 aromatic heterocycles. The molecule has 0 radical (unpaired) electrons. The third-order valence-corrected chi connectivity index (χ3v) is 4.33. The number of benzene rings is 1. The summed E-state index contributed by atoms with van der Waals surface area (Å²) >= 11 is 6.39. The minimum atomic E-state index is -1.07. The molecule has 4 nitrogen and oxygen atoms in total. The van der Waals surface area contributed by atoms with E-state index >= 15 is 0 Å². The monoisotopic (exact) mass is 300 g/mol. The van der Waals surface area contributed by atoms with Crippen molar-refractivity contribution in [3.05, 3.63) is 41.3 Å². The van der Waals surface area contributed by atoms with E-state index in [1.54, 1.807) is 0 Å². The molecule has 1 N–H and O–H groups in total. The normalized spacial score (nSPS) is 14.0. The Bertz CT molecular complexity index is 704. The zero-order chi connectivity index (χ0) is 15.0. The van der Waals surface area contributed by atoms with Gasteiger partial charge in [0.05, 0.1) is 5.69 Å². The van der Waals surface area contributed by atoms with Gasteiger partial charge in [-0.3, -0.25) is 0 Å². The summed E-state index contributed by atoms with van der Waals surface area (Å²) in [5, 5.41) is 9.69. The number of hydrogen-bond acceptors (Lipinski definition) is 3. The van der Waals surface area contributed by atoms with Gasteiger partial charge in [-0.2, -0.15) is 0 Å². The van der Waals surface area contributed by atoms with E-state index in [4.69, 9.17) is 16.7 Å². The van der Waals surface area contributed by atoms with Crippen LogP contribution in [0.2, 0.25) is 17.7 Å². The number of nitrogens with zero attached hydrogens (tertiary/aromatic N) is 2. The van der Waals surface area contributed by atoms with Crippen LogP contribution in [-0.4, -0.2) is 27.8 Å². The van der Waals surface area contributed by atoms with Crippen LogP contribution < -0.4 is 5.46 Å². The van der Waals surface area contributed by atoms with Gasteiger partial charge in [0.15, 0.2) is 12.4 Å². The molecule has 0 aliphatic heterocycles. The highest BCUT2D eigenvalue weighted by molar-refractivity contribution is 6.76. The van der Waals surface area contributed by atoms with Gasteiger partial charge in [0.2, 0.25) is 0 Å². The minimum absolute atomic E-state index is 0.0217. The van der Waals surface area contributed by atoms with Crippen LogP contribution in [0.25, 0.3) is 11.3 Å². The third kappa shape index (κ3) is 2.93. The largest absolute Gasteiger partial charge is 0.477 e. The fourth-order valence-electron chi connectivity index (χ4n) is 2.54.